The molecule has 0 spiro atoms. The minimum absolute atomic E-state index is 0.0244. The molecule has 1 aromatic carbocycles. The van der Waals surface area contributed by atoms with Gasteiger partial charge in [-0.15, -0.1) is 0 Å². The van der Waals surface area contributed by atoms with Crippen molar-refractivity contribution in [3.05, 3.63) is 24.3 Å². The van der Waals surface area contributed by atoms with Crippen molar-refractivity contribution < 1.29 is 19.4 Å². The molecule has 0 aliphatic heterocycles. The average Bonchev–Trinajstić information content (AvgIpc) is 2.31. The lowest BCUT2D eigenvalue weighted by atomic mass is 10.3. The Bertz CT molecular complexity index is 339. The van der Waals surface area contributed by atoms with Crippen LogP contribution in [0.2, 0.25) is 0 Å². The number of thiol groups is 2. The van der Waals surface area contributed by atoms with Crippen molar-refractivity contribution >= 4 is 31.2 Å². The Kier molecular flexibility index (Phi) is 5.51. The zero-order valence-corrected chi connectivity index (χ0v) is 10.2. The third kappa shape index (κ3) is 4.34. The van der Waals surface area contributed by atoms with Gasteiger partial charge in [-0.05, 0) is 24.3 Å². The average molecular weight is 260 g/mol. The maximum Gasteiger partial charge on any atom is 0.321 e. The van der Waals surface area contributed by atoms with Crippen molar-refractivity contribution in [1.82, 2.24) is 0 Å². The number of carbonyl (C=O) groups is 1. The maximum atomic E-state index is 10.9. The van der Waals surface area contributed by atoms with Gasteiger partial charge in [-0.2, -0.15) is 25.3 Å². The molecular formula is C10H12O4S2. The Hall–Kier alpha value is -0.850. The van der Waals surface area contributed by atoms with Gasteiger partial charge in [0, 0.05) is 0 Å². The molecule has 1 rings (SSSR count). The molecule has 0 aliphatic rings. The van der Waals surface area contributed by atoms with Gasteiger partial charge in [-0.25, -0.2) is 0 Å². The van der Waals surface area contributed by atoms with Crippen molar-refractivity contribution in [2.45, 2.75) is 6.29 Å². The molecule has 0 aliphatic carbocycles. The summed E-state index contributed by atoms with van der Waals surface area (Å²) in [7, 11) is 0. The Labute approximate surface area is 104 Å². The third-order valence-corrected chi connectivity index (χ3v) is 2.18. The summed E-state index contributed by atoms with van der Waals surface area (Å²) in [6.45, 7) is 0. The molecule has 0 heterocycles. The van der Waals surface area contributed by atoms with Crippen LogP contribution in [0.25, 0.3) is 0 Å². The highest BCUT2D eigenvalue weighted by molar-refractivity contribution is 7.81. The normalized spacial score (nSPS) is 11.9. The second-order valence-electron chi connectivity index (χ2n) is 2.86. The topological polar surface area (TPSA) is 55.8 Å². The zero-order chi connectivity index (χ0) is 12.0. The number of carbonyl (C=O) groups excluding carboxylic acids is 1. The molecule has 1 unspecified atom stereocenters. The second-order valence-corrected chi connectivity index (χ2v) is 3.54. The first-order valence-corrected chi connectivity index (χ1v) is 5.79. The quantitative estimate of drug-likeness (QED) is 0.322. The van der Waals surface area contributed by atoms with Crippen molar-refractivity contribution in [3.8, 4) is 11.5 Å². The van der Waals surface area contributed by atoms with Gasteiger partial charge in [-0.3, -0.25) is 4.79 Å². The predicted molar refractivity (Wildman–Crippen MR) is 66.4 cm³/mol. The van der Waals surface area contributed by atoms with Gasteiger partial charge in [0.2, 0.25) is 6.29 Å². The molecular weight excluding hydrogens is 248 g/mol. The van der Waals surface area contributed by atoms with E-state index < -0.39 is 12.3 Å². The summed E-state index contributed by atoms with van der Waals surface area (Å²) in [5, 5.41) is 9.17. The van der Waals surface area contributed by atoms with Gasteiger partial charge in [0.15, 0.2) is 0 Å². The molecule has 4 nitrogen and oxygen atoms in total. The van der Waals surface area contributed by atoms with Crippen LogP contribution in [0.3, 0.4) is 0 Å². The lowest BCUT2D eigenvalue weighted by molar-refractivity contribution is -0.131. The van der Waals surface area contributed by atoms with E-state index in [-0.39, 0.29) is 11.5 Å². The summed E-state index contributed by atoms with van der Waals surface area (Å²) < 4.78 is 9.97. The van der Waals surface area contributed by atoms with Gasteiger partial charge >= 0.3 is 5.97 Å². The Morgan fingerprint density at radius 1 is 1.25 bits per heavy atom. The number of rotatable bonds is 5. The molecule has 0 saturated carbocycles. The Balaban J connectivity index is 2.57. The number of esters is 1. The standard InChI is InChI=1S/C10H12O4S2/c11-9(5-15)13-7-1-2-8(4-3-7)14-10(12)6-16/h1-4,9,11,15-16H,5-6H2. The fourth-order valence-electron chi connectivity index (χ4n) is 0.944. The summed E-state index contributed by atoms with van der Waals surface area (Å²) in [5.41, 5.74) is 0. The highest BCUT2D eigenvalue weighted by Gasteiger charge is 2.05. The summed E-state index contributed by atoms with van der Waals surface area (Å²) in [6.07, 6.45) is -0.950. The number of aliphatic hydroxyl groups excluding tert-OH is 1. The second kappa shape index (κ2) is 6.67. The SMILES string of the molecule is O=C(CS)Oc1ccc(OC(O)CS)cc1. The van der Waals surface area contributed by atoms with E-state index in [4.69, 9.17) is 9.47 Å². The maximum absolute atomic E-state index is 10.9. The molecule has 1 aromatic rings. The van der Waals surface area contributed by atoms with E-state index in [2.05, 4.69) is 25.3 Å². The first-order valence-electron chi connectivity index (χ1n) is 4.53. The minimum Gasteiger partial charge on any atom is -0.464 e. The lowest BCUT2D eigenvalue weighted by Gasteiger charge is -2.11. The molecule has 16 heavy (non-hydrogen) atoms. The fraction of sp³-hybridized carbons (Fsp3) is 0.300. The van der Waals surface area contributed by atoms with Crippen molar-refractivity contribution in [3.63, 3.8) is 0 Å². The number of benzene rings is 1. The minimum atomic E-state index is -0.950. The Morgan fingerprint density at radius 2 is 1.81 bits per heavy atom. The molecule has 0 amide bonds. The number of ether oxygens (including phenoxy) is 2. The van der Waals surface area contributed by atoms with E-state index in [0.717, 1.165) is 0 Å². The van der Waals surface area contributed by atoms with Crippen LogP contribution < -0.4 is 9.47 Å². The Morgan fingerprint density at radius 3 is 2.31 bits per heavy atom. The van der Waals surface area contributed by atoms with Crippen LogP contribution in [0.5, 0.6) is 11.5 Å². The number of hydrogen-bond acceptors (Lipinski definition) is 6. The molecule has 0 aromatic heterocycles. The van der Waals surface area contributed by atoms with Crippen LogP contribution >= 0.6 is 25.3 Å². The molecule has 0 bridgehead atoms. The van der Waals surface area contributed by atoms with Crippen molar-refractivity contribution in [2.24, 2.45) is 0 Å². The van der Waals surface area contributed by atoms with Crippen LogP contribution in [-0.2, 0) is 4.79 Å². The molecule has 1 N–H and O–H groups in total. The van der Waals surface area contributed by atoms with E-state index in [1.54, 1.807) is 24.3 Å². The molecule has 0 radical (unpaired) electrons. The van der Waals surface area contributed by atoms with Crippen LogP contribution in [-0.4, -0.2) is 28.9 Å². The highest BCUT2D eigenvalue weighted by atomic mass is 32.1. The summed E-state index contributed by atoms with van der Waals surface area (Å²) in [5.74, 6) is 0.693. The van der Waals surface area contributed by atoms with Crippen LogP contribution in [0.4, 0.5) is 0 Å². The summed E-state index contributed by atoms with van der Waals surface area (Å²) in [4.78, 5) is 10.9. The predicted octanol–water partition coefficient (Wildman–Crippen LogP) is 1.15. The molecule has 0 saturated heterocycles. The van der Waals surface area contributed by atoms with Crippen molar-refractivity contribution in [2.75, 3.05) is 11.5 Å². The summed E-state index contributed by atoms with van der Waals surface area (Å²) in [6, 6.07) is 6.32. The largest absolute Gasteiger partial charge is 0.464 e. The smallest absolute Gasteiger partial charge is 0.321 e. The zero-order valence-electron chi connectivity index (χ0n) is 8.37. The van der Waals surface area contributed by atoms with Crippen LogP contribution in [0.15, 0.2) is 24.3 Å². The molecule has 88 valence electrons. The first-order chi connectivity index (χ1) is 7.65. The van der Waals surface area contributed by atoms with E-state index in [1.807, 2.05) is 0 Å². The van der Waals surface area contributed by atoms with E-state index >= 15 is 0 Å². The molecule has 1 atom stereocenters. The van der Waals surface area contributed by atoms with Crippen molar-refractivity contribution in [1.29, 1.82) is 0 Å². The molecule has 6 heteroatoms. The third-order valence-electron chi connectivity index (χ3n) is 1.61. The van der Waals surface area contributed by atoms with Gasteiger partial charge in [0.05, 0.1) is 11.5 Å². The van der Waals surface area contributed by atoms with E-state index in [9.17, 15) is 9.90 Å². The van der Waals surface area contributed by atoms with Gasteiger partial charge in [-0.1, -0.05) is 0 Å². The van der Waals surface area contributed by atoms with Crippen LogP contribution in [0.1, 0.15) is 0 Å². The van der Waals surface area contributed by atoms with Gasteiger partial charge < -0.3 is 14.6 Å². The number of aliphatic hydroxyl groups is 1. The molecule has 0 fully saturated rings. The highest BCUT2D eigenvalue weighted by Crippen LogP contribution is 2.18. The van der Waals surface area contributed by atoms with E-state index in [1.165, 1.54) is 0 Å². The fourth-order valence-corrected chi connectivity index (χ4v) is 1.08. The van der Waals surface area contributed by atoms with Crippen LogP contribution in [0, 0.1) is 0 Å². The first kappa shape index (κ1) is 13.2. The summed E-state index contributed by atoms with van der Waals surface area (Å²) >= 11 is 7.65. The monoisotopic (exact) mass is 260 g/mol. The lowest BCUT2D eigenvalue weighted by Crippen LogP contribution is -2.16. The number of hydrogen-bond donors (Lipinski definition) is 3. The van der Waals surface area contributed by atoms with Gasteiger partial charge in [0.1, 0.15) is 11.5 Å². The van der Waals surface area contributed by atoms with E-state index in [0.29, 0.717) is 11.5 Å². The van der Waals surface area contributed by atoms with Gasteiger partial charge in [0.25, 0.3) is 0 Å².